The van der Waals surface area contributed by atoms with E-state index in [2.05, 4.69) is 30.3 Å². The Hall–Kier alpha value is -3.30. The van der Waals surface area contributed by atoms with Crippen LogP contribution in [-0.2, 0) is 0 Å². The number of aromatic nitrogens is 4. The first-order chi connectivity index (χ1) is 19.8. The Morgan fingerprint density at radius 1 is 1.12 bits per heavy atom. The summed E-state index contributed by atoms with van der Waals surface area (Å²) in [7, 11) is 0. The molecule has 42 heavy (non-hydrogen) atoms. The lowest BCUT2D eigenvalue weighted by molar-refractivity contribution is -0.274. The average Bonchev–Trinajstić information content (AvgIpc) is 3.46. The van der Waals surface area contributed by atoms with E-state index in [-0.39, 0.29) is 17.6 Å². The fourth-order valence-corrected chi connectivity index (χ4v) is 6.32. The van der Waals surface area contributed by atoms with Crippen LogP contribution >= 0.6 is 22.9 Å². The van der Waals surface area contributed by atoms with Crippen molar-refractivity contribution in [3.63, 3.8) is 0 Å². The smallest absolute Gasteiger partial charge is 0.404 e. The van der Waals surface area contributed by atoms with Crippen LogP contribution in [0.3, 0.4) is 0 Å². The van der Waals surface area contributed by atoms with Crippen LogP contribution in [0.25, 0.3) is 20.8 Å². The van der Waals surface area contributed by atoms with Crippen molar-refractivity contribution >= 4 is 44.9 Å². The van der Waals surface area contributed by atoms with Gasteiger partial charge in [0.25, 0.3) is 0 Å². The van der Waals surface area contributed by atoms with Crippen molar-refractivity contribution < 1.29 is 33.2 Å². The lowest BCUT2D eigenvalue weighted by Crippen LogP contribution is -2.35. The minimum Gasteiger partial charge on any atom is -0.404 e. The molecule has 1 aromatic carbocycles. The minimum atomic E-state index is -4.87. The van der Waals surface area contributed by atoms with Crippen molar-refractivity contribution in [2.45, 2.75) is 57.8 Å². The molecule has 4 aromatic rings. The number of nitrogens with one attached hydrogen (secondary N) is 2. The van der Waals surface area contributed by atoms with Crippen molar-refractivity contribution in [2.24, 2.45) is 5.92 Å². The lowest BCUT2D eigenvalue weighted by Gasteiger charge is -2.22. The molecule has 1 fully saturated rings. The molecule has 3 heterocycles. The molecule has 5 N–H and O–H groups in total. The van der Waals surface area contributed by atoms with Crippen LogP contribution in [0, 0.1) is 19.8 Å². The van der Waals surface area contributed by atoms with Crippen molar-refractivity contribution in [1.82, 2.24) is 19.9 Å². The highest BCUT2D eigenvalue weighted by atomic mass is 35.5. The number of anilines is 2. The van der Waals surface area contributed by atoms with E-state index in [0.29, 0.717) is 34.1 Å². The molecule has 3 aromatic heterocycles. The summed E-state index contributed by atoms with van der Waals surface area (Å²) in [5.41, 5.74) is 3.22. The normalized spacial score (nSPS) is 21.5. The molecule has 0 spiro atoms. The number of aliphatic hydroxyl groups excluding tert-OH is 3. The molecule has 5 rings (SSSR count). The Morgan fingerprint density at radius 2 is 1.88 bits per heavy atom. The minimum absolute atomic E-state index is 0.198. The van der Waals surface area contributed by atoms with Gasteiger partial charge in [0.1, 0.15) is 28.2 Å². The Kier molecular flexibility index (Phi) is 8.45. The highest BCUT2D eigenvalue weighted by molar-refractivity contribution is 7.21. The Morgan fingerprint density at radius 3 is 2.52 bits per heavy atom. The summed E-state index contributed by atoms with van der Waals surface area (Å²) in [5, 5.41) is 37.5. The second-order valence-corrected chi connectivity index (χ2v) is 11.6. The molecule has 0 saturated heterocycles. The summed E-state index contributed by atoms with van der Waals surface area (Å²) >= 11 is 7.47. The van der Waals surface area contributed by atoms with E-state index < -0.39 is 42.3 Å². The van der Waals surface area contributed by atoms with Crippen LogP contribution in [0.15, 0.2) is 30.5 Å². The summed E-state index contributed by atoms with van der Waals surface area (Å²) < 4.78 is 42.8. The third-order valence-corrected chi connectivity index (χ3v) is 8.51. The largest absolute Gasteiger partial charge is 0.573 e. The number of aryl methyl sites for hydroxylation is 2. The van der Waals surface area contributed by atoms with Gasteiger partial charge in [-0.2, -0.15) is 4.98 Å². The molecule has 5 atom stereocenters. The number of halogens is 4. The summed E-state index contributed by atoms with van der Waals surface area (Å²) in [6.45, 7) is 5.13. The number of thiazole rings is 1. The number of aliphatic hydroxyl groups is 3. The third kappa shape index (κ3) is 6.22. The van der Waals surface area contributed by atoms with E-state index in [1.54, 1.807) is 20.0 Å². The lowest BCUT2D eigenvalue weighted by atomic mass is 10.1. The monoisotopic (exact) mass is 624 g/mol. The van der Waals surface area contributed by atoms with Gasteiger partial charge in [0, 0.05) is 18.7 Å². The number of rotatable bonds is 8. The van der Waals surface area contributed by atoms with Crippen molar-refractivity contribution in [3.05, 3.63) is 52.4 Å². The van der Waals surface area contributed by atoms with Gasteiger partial charge in [-0.05, 0) is 51.0 Å². The van der Waals surface area contributed by atoms with E-state index in [9.17, 15) is 28.5 Å². The Labute approximate surface area is 247 Å². The number of hydrogen-bond acceptors (Lipinski definition) is 11. The highest BCUT2D eigenvalue weighted by Crippen LogP contribution is 2.39. The number of ether oxygens (including phenoxy) is 1. The predicted octanol–water partition coefficient (Wildman–Crippen LogP) is 5.00. The van der Waals surface area contributed by atoms with Gasteiger partial charge >= 0.3 is 6.36 Å². The van der Waals surface area contributed by atoms with Crippen LogP contribution < -0.4 is 15.4 Å². The summed E-state index contributed by atoms with van der Waals surface area (Å²) in [6, 6.07) is 4.73. The van der Waals surface area contributed by atoms with Crippen LogP contribution in [0.1, 0.15) is 36.3 Å². The topological polar surface area (TPSA) is 146 Å². The first-order valence-electron chi connectivity index (χ1n) is 13.0. The van der Waals surface area contributed by atoms with Gasteiger partial charge in [0.15, 0.2) is 0 Å². The zero-order valence-corrected chi connectivity index (χ0v) is 24.2. The maximum absolute atomic E-state index is 12.6. The van der Waals surface area contributed by atoms with Gasteiger partial charge in [-0.25, -0.2) is 9.97 Å². The van der Waals surface area contributed by atoms with E-state index in [1.807, 2.05) is 13.0 Å². The van der Waals surface area contributed by atoms with Crippen LogP contribution in [-0.4, -0.2) is 66.5 Å². The zero-order chi connectivity index (χ0) is 30.3. The van der Waals surface area contributed by atoms with Gasteiger partial charge < -0.3 is 30.7 Å². The second kappa shape index (κ2) is 11.8. The number of fused-ring (bicyclic) bond motifs is 1. The van der Waals surface area contributed by atoms with Crippen LogP contribution in [0.5, 0.6) is 5.75 Å². The van der Waals surface area contributed by atoms with E-state index >= 15 is 0 Å². The predicted molar refractivity (Wildman–Crippen MR) is 153 cm³/mol. The SMILES string of the molecule is Cc1nc(N[C@@H](C)c2ccc(OC(F)(F)F)c(Cl)c2)nc(N[C@@H]2C[C@H](CO)[C@@H](O)[C@H]2O)c1-c1nc2c(C)nccc2s1. The van der Waals surface area contributed by atoms with Crippen molar-refractivity contribution in [2.75, 3.05) is 17.2 Å². The molecule has 224 valence electrons. The number of nitrogens with zero attached hydrogens (tertiary/aromatic N) is 4. The molecule has 0 bridgehead atoms. The molecule has 15 heteroatoms. The maximum Gasteiger partial charge on any atom is 0.573 e. The molecular weight excluding hydrogens is 597 g/mol. The van der Waals surface area contributed by atoms with Crippen molar-refractivity contribution in [3.8, 4) is 16.3 Å². The standard InChI is InChI=1S/C27H28ClF3N6O4S/c1-11(14-4-5-18(16(28)8-14)41-27(29,30)31)33-26-34-12(2)20(25-36-21-13(3)32-7-6-19(21)42-25)24(37-26)35-17-9-15(10-38)22(39)23(17)40/h4-8,11,15,17,22-23,38-40H,9-10H2,1-3H3,(H2,33,34,35,37)/t11-,15+,17+,22+,23-/m0/s1. The molecule has 1 aliphatic rings. The summed E-state index contributed by atoms with van der Waals surface area (Å²) in [6.07, 6.45) is -5.13. The highest BCUT2D eigenvalue weighted by Gasteiger charge is 2.41. The van der Waals surface area contributed by atoms with E-state index in [0.717, 1.165) is 22.0 Å². The summed E-state index contributed by atoms with van der Waals surface area (Å²) in [4.78, 5) is 18.4. The fraction of sp³-hybridized carbons (Fsp3) is 0.407. The second-order valence-electron chi connectivity index (χ2n) is 10.1. The Balaban J connectivity index is 1.50. The number of pyridine rings is 1. The average molecular weight is 625 g/mol. The summed E-state index contributed by atoms with van der Waals surface area (Å²) in [5.74, 6) is -0.470. The van der Waals surface area contributed by atoms with Gasteiger partial charge in [-0.15, -0.1) is 24.5 Å². The van der Waals surface area contributed by atoms with Gasteiger partial charge in [-0.3, -0.25) is 4.98 Å². The van der Waals surface area contributed by atoms with Crippen molar-refractivity contribution in [1.29, 1.82) is 0 Å². The quantitative estimate of drug-likeness (QED) is 0.181. The van der Waals surface area contributed by atoms with Gasteiger partial charge in [-0.1, -0.05) is 17.7 Å². The number of alkyl halides is 3. The Bertz CT molecular complexity index is 1610. The first kappa shape index (κ1) is 30.2. The molecule has 1 saturated carbocycles. The molecule has 0 amide bonds. The third-order valence-electron chi connectivity index (χ3n) is 7.18. The molecule has 0 aliphatic heterocycles. The maximum atomic E-state index is 12.6. The van der Waals surface area contributed by atoms with E-state index in [1.165, 1.54) is 23.5 Å². The molecule has 0 unspecified atom stereocenters. The van der Waals surface area contributed by atoms with Crippen LogP contribution in [0.4, 0.5) is 24.9 Å². The number of hydrogen-bond donors (Lipinski definition) is 5. The molecule has 0 radical (unpaired) electrons. The zero-order valence-electron chi connectivity index (χ0n) is 22.6. The van der Waals surface area contributed by atoms with E-state index in [4.69, 9.17) is 16.6 Å². The van der Waals surface area contributed by atoms with Crippen LogP contribution in [0.2, 0.25) is 5.02 Å². The van der Waals surface area contributed by atoms with Gasteiger partial charge in [0.05, 0.1) is 44.9 Å². The molecule has 10 nitrogen and oxygen atoms in total. The molecule has 1 aliphatic carbocycles. The first-order valence-corrected chi connectivity index (χ1v) is 14.2. The van der Waals surface area contributed by atoms with Gasteiger partial charge in [0.2, 0.25) is 5.95 Å². The molecular formula is C27H28ClF3N6O4S. The fourth-order valence-electron chi connectivity index (χ4n) is 4.98. The number of benzene rings is 1.